The van der Waals surface area contributed by atoms with Gasteiger partial charge in [-0.05, 0) is 13.0 Å². The summed E-state index contributed by atoms with van der Waals surface area (Å²) in [6, 6.07) is 8.28. The first-order valence-electron chi connectivity index (χ1n) is 8.51. The van der Waals surface area contributed by atoms with Gasteiger partial charge in [0.2, 0.25) is 5.91 Å². The van der Waals surface area contributed by atoms with E-state index in [1.807, 2.05) is 23.7 Å². The Morgan fingerprint density at radius 1 is 1.31 bits per heavy atom. The number of aromatic nitrogens is 4. The van der Waals surface area contributed by atoms with E-state index >= 15 is 0 Å². The van der Waals surface area contributed by atoms with E-state index in [1.165, 1.54) is 17.3 Å². The Labute approximate surface area is 156 Å². The highest BCUT2D eigenvalue weighted by Crippen LogP contribution is 2.30. The van der Waals surface area contributed by atoms with Crippen LogP contribution in [0.3, 0.4) is 0 Å². The second kappa shape index (κ2) is 8.37. The number of aryl methyl sites for hydroxylation is 1. The first-order valence-corrected chi connectivity index (χ1v) is 9.50. The molecule has 0 bridgehead atoms. The summed E-state index contributed by atoms with van der Waals surface area (Å²) in [6.45, 7) is 4.03. The maximum atomic E-state index is 11.8. The molecule has 3 aromatic rings. The molecule has 0 aliphatic heterocycles. The first-order chi connectivity index (χ1) is 12.7. The monoisotopic (exact) mass is 373 g/mol. The molecule has 7 nitrogen and oxygen atoms in total. The van der Waals surface area contributed by atoms with Crippen LogP contribution >= 0.6 is 11.8 Å². The molecule has 1 N–H and O–H groups in total. The molecule has 0 saturated carbocycles. The molecule has 0 spiro atoms. The summed E-state index contributed by atoms with van der Waals surface area (Å²) in [5, 5.41) is 13.3. The number of fused-ring (bicyclic) bond motifs is 1. The van der Waals surface area contributed by atoms with Crippen molar-refractivity contribution in [1.29, 1.82) is 0 Å². The standard InChI is InChI=1S/C18H23N5O2S/c1-4-23-11-14(13-7-5-6-8-15(13)23)17-20-21-18(22(17)2)26-12-16(24)19-9-10-25-3/h5-8,11H,4,9-10,12H2,1-3H3,(H,19,24). The Hall–Kier alpha value is -2.32. The van der Waals surface area contributed by atoms with Crippen LogP contribution in [0.15, 0.2) is 35.6 Å². The molecule has 3 rings (SSSR count). The number of methoxy groups -OCH3 is 1. The van der Waals surface area contributed by atoms with Crippen LogP contribution in [-0.2, 0) is 23.1 Å². The Bertz CT molecular complexity index is 902. The summed E-state index contributed by atoms with van der Waals surface area (Å²) in [7, 11) is 3.54. The van der Waals surface area contributed by atoms with Gasteiger partial charge in [-0.15, -0.1) is 10.2 Å². The van der Waals surface area contributed by atoms with E-state index in [0.29, 0.717) is 18.9 Å². The van der Waals surface area contributed by atoms with Gasteiger partial charge >= 0.3 is 0 Å². The first kappa shape index (κ1) is 18.5. The molecule has 1 aromatic carbocycles. The van der Waals surface area contributed by atoms with Crippen molar-refractivity contribution in [2.24, 2.45) is 7.05 Å². The molecule has 0 fully saturated rings. The number of carbonyl (C=O) groups is 1. The number of ether oxygens (including phenoxy) is 1. The maximum Gasteiger partial charge on any atom is 0.230 e. The Balaban J connectivity index is 1.78. The molecule has 26 heavy (non-hydrogen) atoms. The maximum absolute atomic E-state index is 11.8. The van der Waals surface area contributed by atoms with Crippen LogP contribution in [-0.4, -0.2) is 51.3 Å². The molecule has 138 valence electrons. The average Bonchev–Trinajstić information content (AvgIpc) is 3.20. The van der Waals surface area contributed by atoms with E-state index in [-0.39, 0.29) is 5.91 Å². The minimum Gasteiger partial charge on any atom is -0.383 e. The predicted octanol–water partition coefficient (Wildman–Crippen LogP) is 2.31. The number of hydrogen-bond donors (Lipinski definition) is 1. The van der Waals surface area contributed by atoms with Crippen LogP contribution in [0.25, 0.3) is 22.3 Å². The van der Waals surface area contributed by atoms with E-state index in [2.05, 4.69) is 45.3 Å². The molecule has 2 aromatic heterocycles. The van der Waals surface area contributed by atoms with Gasteiger partial charge in [-0.25, -0.2) is 0 Å². The SMILES string of the molecule is CCn1cc(-c2nnc(SCC(=O)NCCOC)n2C)c2ccccc21. The molecule has 0 atom stereocenters. The lowest BCUT2D eigenvalue weighted by molar-refractivity contribution is -0.118. The fourth-order valence-electron chi connectivity index (χ4n) is 2.84. The summed E-state index contributed by atoms with van der Waals surface area (Å²) in [5.41, 5.74) is 2.23. The second-order valence-corrected chi connectivity index (χ2v) is 6.79. The van der Waals surface area contributed by atoms with Crippen molar-refractivity contribution < 1.29 is 9.53 Å². The number of hydrogen-bond acceptors (Lipinski definition) is 5. The molecule has 0 unspecified atom stereocenters. The fraction of sp³-hybridized carbons (Fsp3) is 0.389. The van der Waals surface area contributed by atoms with Gasteiger partial charge < -0.3 is 19.2 Å². The molecule has 0 saturated heterocycles. The minimum atomic E-state index is -0.0424. The Kier molecular flexibility index (Phi) is 5.95. The number of carbonyl (C=O) groups excluding carboxylic acids is 1. The van der Waals surface area contributed by atoms with Crippen molar-refractivity contribution >= 4 is 28.6 Å². The highest BCUT2D eigenvalue weighted by Gasteiger charge is 2.17. The molecule has 0 aliphatic rings. The Morgan fingerprint density at radius 3 is 2.88 bits per heavy atom. The van der Waals surface area contributed by atoms with Crippen molar-refractivity contribution in [2.75, 3.05) is 26.0 Å². The van der Waals surface area contributed by atoms with Crippen molar-refractivity contribution in [3.63, 3.8) is 0 Å². The molecular weight excluding hydrogens is 350 g/mol. The van der Waals surface area contributed by atoms with Gasteiger partial charge in [0, 0.05) is 49.9 Å². The van der Waals surface area contributed by atoms with Gasteiger partial charge in [-0.1, -0.05) is 30.0 Å². The summed E-state index contributed by atoms with van der Waals surface area (Å²) < 4.78 is 9.07. The van der Waals surface area contributed by atoms with Gasteiger partial charge in [0.1, 0.15) is 0 Å². The zero-order valence-electron chi connectivity index (χ0n) is 15.2. The molecule has 0 aliphatic carbocycles. The summed E-state index contributed by atoms with van der Waals surface area (Å²) in [6.07, 6.45) is 2.11. The third kappa shape index (κ3) is 3.76. The third-order valence-electron chi connectivity index (χ3n) is 4.17. The van der Waals surface area contributed by atoms with Gasteiger partial charge in [0.05, 0.1) is 12.4 Å². The van der Waals surface area contributed by atoms with Crippen molar-refractivity contribution in [3.05, 3.63) is 30.5 Å². The van der Waals surface area contributed by atoms with Gasteiger partial charge in [-0.2, -0.15) is 0 Å². The smallest absolute Gasteiger partial charge is 0.230 e. The van der Waals surface area contributed by atoms with Crippen LogP contribution in [0, 0.1) is 0 Å². The van der Waals surface area contributed by atoms with E-state index in [0.717, 1.165) is 28.5 Å². The van der Waals surface area contributed by atoms with E-state index < -0.39 is 0 Å². The van der Waals surface area contributed by atoms with Crippen molar-refractivity contribution in [1.82, 2.24) is 24.6 Å². The van der Waals surface area contributed by atoms with E-state index in [1.54, 1.807) is 7.11 Å². The van der Waals surface area contributed by atoms with Crippen LogP contribution < -0.4 is 5.32 Å². The molecule has 2 heterocycles. The number of para-hydroxylation sites is 1. The van der Waals surface area contributed by atoms with Crippen LogP contribution in [0.5, 0.6) is 0 Å². The summed E-state index contributed by atoms with van der Waals surface area (Å²) >= 11 is 1.38. The predicted molar refractivity (Wildman–Crippen MR) is 103 cm³/mol. The topological polar surface area (TPSA) is 74.0 Å². The van der Waals surface area contributed by atoms with Gasteiger partial charge in [0.15, 0.2) is 11.0 Å². The number of nitrogens with zero attached hydrogens (tertiary/aromatic N) is 4. The van der Waals surface area contributed by atoms with Gasteiger partial charge in [0.25, 0.3) is 0 Å². The number of amides is 1. The van der Waals surface area contributed by atoms with Gasteiger partial charge in [-0.3, -0.25) is 4.79 Å². The average molecular weight is 373 g/mol. The number of benzene rings is 1. The van der Waals surface area contributed by atoms with Crippen molar-refractivity contribution in [2.45, 2.75) is 18.6 Å². The fourth-order valence-corrected chi connectivity index (χ4v) is 3.58. The quantitative estimate of drug-likeness (QED) is 0.484. The number of nitrogens with one attached hydrogen (secondary N) is 1. The zero-order chi connectivity index (χ0) is 18.5. The summed E-state index contributed by atoms with van der Waals surface area (Å²) in [5.74, 6) is 1.06. The van der Waals surface area contributed by atoms with E-state index in [4.69, 9.17) is 4.74 Å². The molecule has 8 heteroatoms. The largest absolute Gasteiger partial charge is 0.383 e. The van der Waals surface area contributed by atoms with Crippen LogP contribution in [0.2, 0.25) is 0 Å². The second-order valence-electron chi connectivity index (χ2n) is 5.84. The third-order valence-corrected chi connectivity index (χ3v) is 5.19. The number of rotatable bonds is 8. The lowest BCUT2D eigenvalue weighted by Crippen LogP contribution is -2.28. The normalized spacial score (nSPS) is 11.2. The summed E-state index contributed by atoms with van der Waals surface area (Å²) in [4.78, 5) is 11.8. The highest BCUT2D eigenvalue weighted by molar-refractivity contribution is 7.99. The number of thioether (sulfide) groups is 1. The Morgan fingerprint density at radius 2 is 2.12 bits per heavy atom. The van der Waals surface area contributed by atoms with Crippen molar-refractivity contribution in [3.8, 4) is 11.4 Å². The molecule has 1 amide bonds. The lowest BCUT2D eigenvalue weighted by Gasteiger charge is -2.05. The van der Waals surface area contributed by atoms with Crippen LogP contribution in [0.1, 0.15) is 6.92 Å². The lowest BCUT2D eigenvalue weighted by atomic mass is 10.1. The van der Waals surface area contributed by atoms with E-state index in [9.17, 15) is 4.79 Å². The zero-order valence-corrected chi connectivity index (χ0v) is 16.0. The molecular formula is C18H23N5O2S. The van der Waals surface area contributed by atoms with Crippen LogP contribution in [0.4, 0.5) is 0 Å². The molecule has 0 radical (unpaired) electrons. The highest BCUT2D eigenvalue weighted by atomic mass is 32.2. The minimum absolute atomic E-state index is 0.0424.